The summed E-state index contributed by atoms with van der Waals surface area (Å²) in [5, 5.41) is 23.4. The van der Waals surface area contributed by atoms with Gasteiger partial charge in [-0.2, -0.15) is 4.31 Å². The Balaban J connectivity index is 1.74. The van der Waals surface area contributed by atoms with Crippen LogP contribution in [0.1, 0.15) is 36.5 Å². The van der Waals surface area contributed by atoms with E-state index in [0.717, 1.165) is 0 Å². The number of aliphatic hydroxyl groups excluding tert-OH is 1. The van der Waals surface area contributed by atoms with E-state index >= 15 is 0 Å². The van der Waals surface area contributed by atoms with Crippen LogP contribution < -0.4 is 5.32 Å². The smallest absolute Gasteiger partial charge is 0.251 e. The zero-order chi connectivity index (χ0) is 19.9. The summed E-state index contributed by atoms with van der Waals surface area (Å²) in [6.45, 7) is 2.29. The van der Waals surface area contributed by atoms with E-state index in [1.54, 1.807) is 6.92 Å². The molecule has 0 aromatic heterocycles. The first-order chi connectivity index (χ1) is 12.6. The SMILES string of the molecule is CNC(=O)c1ccc(S(=O)(=O)N2CCC3(CC2)OCC[C@@](C)(O)[C@@H]3O)cc1. The summed E-state index contributed by atoms with van der Waals surface area (Å²) >= 11 is 0. The van der Waals surface area contributed by atoms with Crippen LogP contribution in [0.3, 0.4) is 0 Å². The standard InChI is InChI=1S/C18H26N2O6S/c1-17(23)9-12-26-18(16(17)22)7-10-20(11-8-18)27(24,25)14-5-3-13(4-6-14)15(21)19-2/h3-6,16,22-23H,7-12H2,1-2H3,(H,19,21)/t16-,17+/m0/s1. The Morgan fingerprint density at radius 3 is 2.37 bits per heavy atom. The summed E-state index contributed by atoms with van der Waals surface area (Å²) in [4.78, 5) is 11.7. The van der Waals surface area contributed by atoms with Gasteiger partial charge in [-0.1, -0.05) is 0 Å². The van der Waals surface area contributed by atoms with Crippen molar-refractivity contribution in [2.24, 2.45) is 0 Å². The van der Waals surface area contributed by atoms with Crippen molar-refractivity contribution < 1.29 is 28.2 Å². The van der Waals surface area contributed by atoms with Crippen molar-refractivity contribution in [1.82, 2.24) is 9.62 Å². The molecule has 2 fully saturated rings. The Morgan fingerprint density at radius 1 is 1.22 bits per heavy atom. The summed E-state index contributed by atoms with van der Waals surface area (Å²) in [5.41, 5.74) is -1.78. The maximum atomic E-state index is 12.9. The maximum Gasteiger partial charge on any atom is 0.251 e. The Bertz CT molecular complexity index is 798. The van der Waals surface area contributed by atoms with Crippen LogP contribution >= 0.6 is 0 Å². The summed E-state index contributed by atoms with van der Waals surface area (Å²) in [6, 6.07) is 5.78. The molecule has 0 saturated carbocycles. The number of carbonyl (C=O) groups is 1. The molecule has 3 rings (SSSR count). The fourth-order valence-electron chi connectivity index (χ4n) is 3.84. The fourth-order valence-corrected chi connectivity index (χ4v) is 5.28. The Labute approximate surface area is 159 Å². The summed E-state index contributed by atoms with van der Waals surface area (Å²) in [6.07, 6.45) is -0.106. The first kappa shape index (κ1) is 20.2. The second-order valence-corrected chi connectivity index (χ2v) is 9.37. The molecule has 0 unspecified atom stereocenters. The molecule has 2 saturated heterocycles. The highest BCUT2D eigenvalue weighted by Gasteiger charge is 2.53. The van der Waals surface area contributed by atoms with E-state index in [9.17, 15) is 23.4 Å². The van der Waals surface area contributed by atoms with Crippen molar-refractivity contribution in [2.75, 3.05) is 26.7 Å². The van der Waals surface area contributed by atoms with Gasteiger partial charge in [-0.05, 0) is 44.0 Å². The number of hydrogen-bond acceptors (Lipinski definition) is 6. The molecular weight excluding hydrogens is 372 g/mol. The van der Waals surface area contributed by atoms with E-state index in [-0.39, 0.29) is 23.9 Å². The minimum absolute atomic E-state index is 0.114. The molecule has 3 N–H and O–H groups in total. The lowest BCUT2D eigenvalue weighted by Crippen LogP contribution is -2.64. The number of rotatable bonds is 3. The Kier molecular flexibility index (Phi) is 5.35. The number of piperidine rings is 1. The zero-order valence-electron chi connectivity index (χ0n) is 15.5. The molecule has 1 aromatic carbocycles. The number of nitrogens with one attached hydrogen (secondary N) is 1. The number of sulfonamides is 1. The van der Waals surface area contributed by atoms with E-state index in [1.807, 2.05) is 0 Å². The van der Waals surface area contributed by atoms with Crippen molar-refractivity contribution in [3.05, 3.63) is 29.8 Å². The molecule has 150 valence electrons. The van der Waals surface area contributed by atoms with E-state index in [4.69, 9.17) is 4.74 Å². The molecular formula is C18H26N2O6S. The van der Waals surface area contributed by atoms with E-state index in [1.165, 1.54) is 35.6 Å². The van der Waals surface area contributed by atoms with Crippen molar-refractivity contribution in [3.63, 3.8) is 0 Å². The molecule has 8 nitrogen and oxygen atoms in total. The second kappa shape index (κ2) is 7.14. The number of amides is 1. The Morgan fingerprint density at radius 2 is 1.81 bits per heavy atom. The van der Waals surface area contributed by atoms with Crippen molar-refractivity contribution >= 4 is 15.9 Å². The van der Waals surface area contributed by atoms with Gasteiger partial charge in [0.2, 0.25) is 10.0 Å². The molecule has 0 radical (unpaired) electrons. The number of aliphatic hydroxyl groups is 2. The molecule has 2 heterocycles. The molecule has 2 atom stereocenters. The van der Waals surface area contributed by atoms with Crippen LogP contribution in [-0.4, -0.2) is 72.9 Å². The van der Waals surface area contributed by atoms with Gasteiger partial charge in [-0.3, -0.25) is 4.79 Å². The Hall–Kier alpha value is -1.52. The van der Waals surface area contributed by atoms with Crippen LogP contribution in [0, 0.1) is 0 Å². The molecule has 0 bridgehead atoms. The second-order valence-electron chi connectivity index (χ2n) is 7.43. The van der Waals surface area contributed by atoms with Crippen LogP contribution in [0.15, 0.2) is 29.2 Å². The van der Waals surface area contributed by atoms with Gasteiger partial charge in [-0.15, -0.1) is 0 Å². The minimum atomic E-state index is -3.71. The molecule has 2 aliphatic rings. The third-order valence-electron chi connectivity index (χ3n) is 5.64. The van der Waals surface area contributed by atoms with Gasteiger partial charge < -0.3 is 20.3 Å². The van der Waals surface area contributed by atoms with Gasteiger partial charge in [0.25, 0.3) is 5.91 Å². The van der Waals surface area contributed by atoms with Crippen LogP contribution in [0.25, 0.3) is 0 Å². The molecule has 0 aliphatic carbocycles. The van der Waals surface area contributed by atoms with Gasteiger partial charge in [0.15, 0.2) is 0 Å². The van der Waals surface area contributed by atoms with Gasteiger partial charge in [-0.25, -0.2) is 8.42 Å². The first-order valence-electron chi connectivity index (χ1n) is 8.99. The average Bonchev–Trinajstić information content (AvgIpc) is 2.66. The molecule has 1 amide bonds. The third-order valence-corrected chi connectivity index (χ3v) is 7.55. The summed E-state index contributed by atoms with van der Waals surface area (Å²) in [7, 11) is -2.20. The molecule has 2 aliphatic heterocycles. The van der Waals surface area contributed by atoms with Gasteiger partial charge in [0.1, 0.15) is 6.10 Å². The normalized spacial score (nSPS) is 28.8. The minimum Gasteiger partial charge on any atom is -0.387 e. The molecule has 27 heavy (non-hydrogen) atoms. The van der Waals surface area contributed by atoms with Gasteiger partial charge in [0.05, 0.1) is 22.7 Å². The number of carbonyl (C=O) groups excluding carboxylic acids is 1. The van der Waals surface area contributed by atoms with Crippen LogP contribution in [0.5, 0.6) is 0 Å². The number of ether oxygens (including phenoxy) is 1. The molecule has 9 heteroatoms. The number of nitrogens with zero attached hydrogens (tertiary/aromatic N) is 1. The van der Waals surface area contributed by atoms with Crippen LogP contribution in [0.2, 0.25) is 0 Å². The lowest BCUT2D eigenvalue weighted by atomic mass is 9.75. The van der Waals surface area contributed by atoms with E-state index in [0.29, 0.717) is 31.4 Å². The molecule has 1 aromatic rings. The van der Waals surface area contributed by atoms with Crippen molar-refractivity contribution in [3.8, 4) is 0 Å². The van der Waals surface area contributed by atoms with Crippen molar-refractivity contribution in [1.29, 1.82) is 0 Å². The average molecular weight is 398 g/mol. The highest BCUT2D eigenvalue weighted by atomic mass is 32.2. The van der Waals surface area contributed by atoms with Crippen molar-refractivity contribution in [2.45, 2.75) is 48.4 Å². The highest BCUT2D eigenvalue weighted by Crippen LogP contribution is 2.40. The van der Waals surface area contributed by atoms with E-state index < -0.39 is 27.3 Å². The quantitative estimate of drug-likeness (QED) is 0.665. The largest absolute Gasteiger partial charge is 0.387 e. The maximum absolute atomic E-state index is 12.9. The topological polar surface area (TPSA) is 116 Å². The van der Waals surface area contributed by atoms with Gasteiger partial charge >= 0.3 is 0 Å². The highest BCUT2D eigenvalue weighted by molar-refractivity contribution is 7.89. The lowest BCUT2D eigenvalue weighted by Gasteiger charge is -2.51. The lowest BCUT2D eigenvalue weighted by molar-refractivity contribution is -0.243. The first-order valence-corrected chi connectivity index (χ1v) is 10.4. The third kappa shape index (κ3) is 3.62. The summed E-state index contributed by atoms with van der Waals surface area (Å²) < 4.78 is 32.9. The monoisotopic (exact) mass is 398 g/mol. The number of hydrogen-bond donors (Lipinski definition) is 3. The summed E-state index contributed by atoms with van der Waals surface area (Å²) in [5.74, 6) is -0.283. The van der Waals surface area contributed by atoms with E-state index in [2.05, 4.69) is 5.32 Å². The predicted molar refractivity (Wildman–Crippen MR) is 97.8 cm³/mol. The molecule has 1 spiro atoms. The van der Waals surface area contributed by atoms with Crippen LogP contribution in [0.4, 0.5) is 0 Å². The zero-order valence-corrected chi connectivity index (χ0v) is 16.3. The van der Waals surface area contributed by atoms with Crippen LogP contribution in [-0.2, 0) is 14.8 Å². The number of benzene rings is 1. The fraction of sp³-hybridized carbons (Fsp3) is 0.611. The predicted octanol–water partition coefficient (Wildman–Crippen LogP) is 0.102. The van der Waals surface area contributed by atoms with Gasteiger partial charge in [0, 0.05) is 32.1 Å².